The van der Waals surface area contributed by atoms with Crippen LogP contribution in [0.4, 0.5) is 10.2 Å². The van der Waals surface area contributed by atoms with Crippen LogP contribution in [-0.2, 0) is 7.05 Å². The fourth-order valence-electron chi connectivity index (χ4n) is 1.32. The summed E-state index contributed by atoms with van der Waals surface area (Å²) in [6.07, 6.45) is 0. The third-order valence-electron chi connectivity index (χ3n) is 1.97. The molecule has 0 saturated carbocycles. The Hall–Kier alpha value is -1.91. The van der Waals surface area contributed by atoms with Gasteiger partial charge in [-0.1, -0.05) is 5.21 Å². The minimum absolute atomic E-state index is 0.276. The van der Waals surface area contributed by atoms with Crippen LogP contribution in [0.1, 0.15) is 0 Å². The zero-order valence-electron chi connectivity index (χ0n) is 7.61. The number of nitrogen functional groups attached to an aromatic ring is 1. The second kappa shape index (κ2) is 3.10. The van der Waals surface area contributed by atoms with Crippen LogP contribution in [0.3, 0.4) is 0 Å². The van der Waals surface area contributed by atoms with E-state index < -0.39 is 0 Å². The van der Waals surface area contributed by atoms with Crippen molar-refractivity contribution in [3.05, 3.63) is 30.1 Å². The monoisotopic (exact) mass is 192 g/mol. The molecule has 4 nitrogen and oxygen atoms in total. The van der Waals surface area contributed by atoms with Crippen LogP contribution in [0.25, 0.3) is 11.3 Å². The van der Waals surface area contributed by atoms with E-state index in [1.54, 1.807) is 23.9 Å². The average molecular weight is 192 g/mol. The van der Waals surface area contributed by atoms with Crippen molar-refractivity contribution < 1.29 is 4.39 Å². The molecular formula is C9H9FN4. The number of anilines is 1. The lowest BCUT2D eigenvalue weighted by atomic mass is 10.1. The van der Waals surface area contributed by atoms with E-state index in [0.29, 0.717) is 11.5 Å². The molecule has 0 spiro atoms. The van der Waals surface area contributed by atoms with Crippen molar-refractivity contribution in [1.82, 2.24) is 15.0 Å². The fourth-order valence-corrected chi connectivity index (χ4v) is 1.32. The first-order valence-corrected chi connectivity index (χ1v) is 4.09. The SMILES string of the molecule is Cn1nnc(N)c1-c1ccc(F)cc1. The predicted octanol–water partition coefficient (Wildman–Crippen LogP) is 1.20. The van der Waals surface area contributed by atoms with Gasteiger partial charge < -0.3 is 5.73 Å². The van der Waals surface area contributed by atoms with Gasteiger partial charge in [0.15, 0.2) is 5.82 Å². The van der Waals surface area contributed by atoms with Gasteiger partial charge in [0.1, 0.15) is 11.5 Å². The molecule has 0 radical (unpaired) electrons. The predicted molar refractivity (Wildman–Crippen MR) is 50.8 cm³/mol. The third-order valence-corrected chi connectivity index (χ3v) is 1.97. The van der Waals surface area contributed by atoms with Crippen LogP contribution in [0.15, 0.2) is 24.3 Å². The number of hydrogen-bond donors (Lipinski definition) is 1. The molecule has 0 aliphatic rings. The minimum atomic E-state index is -0.276. The molecule has 14 heavy (non-hydrogen) atoms. The number of nitrogens with two attached hydrogens (primary N) is 1. The van der Waals surface area contributed by atoms with Crippen LogP contribution in [-0.4, -0.2) is 15.0 Å². The smallest absolute Gasteiger partial charge is 0.174 e. The number of halogens is 1. The van der Waals surface area contributed by atoms with Crippen molar-refractivity contribution in [3.63, 3.8) is 0 Å². The maximum Gasteiger partial charge on any atom is 0.174 e. The molecule has 0 aliphatic heterocycles. The molecular weight excluding hydrogens is 183 g/mol. The van der Waals surface area contributed by atoms with Crippen LogP contribution >= 0.6 is 0 Å². The van der Waals surface area contributed by atoms with Crippen LogP contribution in [0.5, 0.6) is 0 Å². The van der Waals surface area contributed by atoms with Gasteiger partial charge in [0.05, 0.1) is 0 Å². The Morgan fingerprint density at radius 3 is 2.43 bits per heavy atom. The van der Waals surface area contributed by atoms with Gasteiger partial charge in [-0.2, -0.15) is 0 Å². The van der Waals surface area contributed by atoms with Crippen molar-refractivity contribution in [2.24, 2.45) is 7.05 Å². The van der Waals surface area contributed by atoms with E-state index in [1.165, 1.54) is 12.1 Å². The molecule has 0 bridgehead atoms. The minimum Gasteiger partial charge on any atom is -0.380 e. The highest BCUT2D eigenvalue weighted by atomic mass is 19.1. The molecule has 0 unspecified atom stereocenters. The van der Waals surface area contributed by atoms with E-state index in [1.807, 2.05) is 0 Å². The van der Waals surface area contributed by atoms with Crippen LogP contribution in [0.2, 0.25) is 0 Å². The number of rotatable bonds is 1. The Bertz CT molecular complexity index is 427. The Balaban J connectivity index is 2.54. The van der Waals surface area contributed by atoms with Gasteiger partial charge in [0.25, 0.3) is 0 Å². The third kappa shape index (κ3) is 1.32. The molecule has 2 N–H and O–H groups in total. The summed E-state index contributed by atoms with van der Waals surface area (Å²) in [5.74, 6) is 0.0709. The summed E-state index contributed by atoms with van der Waals surface area (Å²) in [6, 6.07) is 6.04. The van der Waals surface area contributed by atoms with Gasteiger partial charge in [0.2, 0.25) is 0 Å². The molecule has 2 aromatic rings. The van der Waals surface area contributed by atoms with Gasteiger partial charge >= 0.3 is 0 Å². The zero-order valence-corrected chi connectivity index (χ0v) is 7.61. The molecule has 1 aromatic heterocycles. The van der Waals surface area contributed by atoms with Crippen molar-refractivity contribution in [2.45, 2.75) is 0 Å². The Kier molecular flexibility index (Phi) is 1.92. The van der Waals surface area contributed by atoms with Crippen molar-refractivity contribution in [1.29, 1.82) is 0 Å². The molecule has 1 aromatic carbocycles. The topological polar surface area (TPSA) is 56.7 Å². The van der Waals surface area contributed by atoms with Gasteiger partial charge in [-0.3, -0.25) is 0 Å². The molecule has 0 aliphatic carbocycles. The Morgan fingerprint density at radius 2 is 1.93 bits per heavy atom. The first-order chi connectivity index (χ1) is 6.68. The summed E-state index contributed by atoms with van der Waals surface area (Å²) >= 11 is 0. The highest BCUT2D eigenvalue weighted by Gasteiger charge is 2.09. The molecule has 0 amide bonds. The number of benzene rings is 1. The van der Waals surface area contributed by atoms with Crippen molar-refractivity contribution in [3.8, 4) is 11.3 Å². The summed E-state index contributed by atoms with van der Waals surface area (Å²) in [5, 5.41) is 7.47. The molecule has 2 rings (SSSR count). The molecule has 1 heterocycles. The summed E-state index contributed by atoms with van der Waals surface area (Å²) in [4.78, 5) is 0. The number of aryl methyl sites for hydroxylation is 1. The zero-order chi connectivity index (χ0) is 10.1. The van der Waals surface area contributed by atoms with E-state index in [-0.39, 0.29) is 5.82 Å². The van der Waals surface area contributed by atoms with Gasteiger partial charge in [0, 0.05) is 12.6 Å². The number of aromatic nitrogens is 3. The van der Waals surface area contributed by atoms with E-state index >= 15 is 0 Å². The Morgan fingerprint density at radius 1 is 1.29 bits per heavy atom. The van der Waals surface area contributed by atoms with Crippen LogP contribution < -0.4 is 5.73 Å². The highest BCUT2D eigenvalue weighted by Crippen LogP contribution is 2.22. The summed E-state index contributed by atoms with van der Waals surface area (Å²) in [7, 11) is 1.74. The number of hydrogen-bond acceptors (Lipinski definition) is 3. The molecule has 0 atom stereocenters. The molecule has 72 valence electrons. The van der Waals surface area contributed by atoms with Crippen molar-refractivity contribution in [2.75, 3.05) is 5.73 Å². The molecule has 0 saturated heterocycles. The van der Waals surface area contributed by atoms with E-state index in [9.17, 15) is 4.39 Å². The summed E-state index contributed by atoms with van der Waals surface area (Å²) < 4.78 is 14.2. The van der Waals surface area contributed by atoms with E-state index in [0.717, 1.165) is 5.56 Å². The standard InChI is InChI=1S/C9H9FN4/c1-14-8(9(11)12-13-14)6-2-4-7(10)5-3-6/h2-5H,11H2,1H3. The number of nitrogens with zero attached hydrogens (tertiary/aromatic N) is 3. The second-order valence-corrected chi connectivity index (χ2v) is 2.95. The van der Waals surface area contributed by atoms with Crippen molar-refractivity contribution >= 4 is 5.82 Å². The summed E-state index contributed by atoms with van der Waals surface area (Å²) in [6.45, 7) is 0. The largest absolute Gasteiger partial charge is 0.380 e. The van der Waals surface area contributed by atoms with Crippen LogP contribution in [0, 0.1) is 5.82 Å². The molecule has 0 fully saturated rings. The fraction of sp³-hybridized carbons (Fsp3) is 0.111. The lowest BCUT2D eigenvalue weighted by Crippen LogP contribution is -1.95. The average Bonchev–Trinajstić information content (AvgIpc) is 2.49. The first kappa shape index (κ1) is 8.68. The first-order valence-electron chi connectivity index (χ1n) is 4.09. The maximum atomic E-state index is 12.7. The van der Waals surface area contributed by atoms with Gasteiger partial charge in [-0.05, 0) is 24.3 Å². The lowest BCUT2D eigenvalue weighted by Gasteiger charge is -2.01. The van der Waals surface area contributed by atoms with Gasteiger partial charge in [-0.25, -0.2) is 9.07 Å². The normalized spacial score (nSPS) is 10.4. The summed E-state index contributed by atoms with van der Waals surface area (Å²) in [5.41, 5.74) is 7.12. The highest BCUT2D eigenvalue weighted by molar-refractivity contribution is 5.69. The Labute approximate surface area is 80.2 Å². The maximum absolute atomic E-state index is 12.7. The molecule has 5 heteroatoms. The van der Waals surface area contributed by atoms with E-state index in [2.05, 4.69) is 10.3 Å². The quantitative estimate of drug-likeness (QED) is 0.738. The van der Waals surface area contributed by atoms with Gasteiger partial charge in [-0.15, -0.1) is 5.10 Å². The van der Waals surface area contributed by atoms with E-state index in [4.69, 9.17) is 5.73 Å². The lowest BCUT2D eigenvalue weighted by molar-refractivity contribution is 0.628. The second-order valence-electron chi connectivity index (χ2n) is 2.95.